The molecule has 3 heterocycles. The van der Waals surface area contributed by atoms with Gasteiger partial charge in [-0.3, -0.25) is 15.1 Å². The molecule has 4 N–H and O–H groups in total. The Balaban J connectivity index is 1.43. The minimum absolute atomic E-state index is 0.105. The number of nitrogens with one attached hydrogen (secondary N) is 4. The van der Waals surface area contributed by atoms with E-state index in [1.807, 2.05) is 19.3 Å². The average Bonchev–Trinajstić information content (AvgIpc) is 3.22. The van der Waals surface area contributed by atoms with Crippen molar-refractivity contribution in [3.05, 3.63) is 23.9 Å². The highest BCUT2D eigenvalue weighted by atomic mass is 16.2. The van der Waals surface area contributed by atoms with Crippen molar-refractivity contribution in [3.63, 3.8) is 0 Å². The van der Waals surface area contributed by atoms with Crippen molar-refractivity contribution in [3.8, 4) is 0 Å². The van der Waals surface area contributed by atoms with E-state index in [2.05, 4.69) is 44.4 Å². The number of hydrogen-bond donors (Lipinski definition) is 4. The smallest absolute Gasteiger partial charge is 0.238 e. The van der Waals surface area contributed by atoms with E-state index in [1.165, 1.54) is 5.56 Å². The Morgan fingerprint density at radius 1 is 1.46 bits per heavy atom. The quantitative estimate of drug-likeness (QED) is 0.601. The normalized spacial score (nSPS) is 27.3. The van der Waals surface area contributed by atoms with Gasteiger partial charge in [0.15, 0.2) is 0 Å². The summed E-state index contributed by atoms with van der Waals surface area (Å²) in [6, 6.07) is 4.34. The van der Waals surface area contributed by atoms with Crippen LogP contribution < -0.4 is 21.5 Å². The lowest BCUT2D eigenvalue weighted by Gasteiger charge is -2.18. The lowest BCUT2D eigenvalue weighted by atomic mass is 10.1. The average molecular weight is 332 g/mol. The van der Waals surface area contributed by atoms with E-state index < -0.39 is 0 Å². The van der Waals surface area contributed by atoms with Crippen molar-refractivity contribution in [2.75, 3.05) is 32.0 Å². The second-order valence-corrected chi connectivity index (χ2v) is 6.87. The zero-order chi connectivity index (χ0) is 16.9. The SMILES string of the molecule is CNc1ncccc1CN1CCC(CNC(=O)C2CC(C)NN2)C1. The third-order valence-corrected chi connectivity index (χ3v) is 4.87. The number of carbonyl (C=O) groups is 1. The summed E-state index contributed by atoms with van der Waals surface area (Å²) < 4.78 is 0. The van der Waals surface area contributed by atoms with E-state index in [0.29, 0.717) is 12.0 Å². The second-order valence-electron chi connectivity index (χ2n) is 6.87. The molecule has 3 rings (SSSR count). The van der Waals surface area contributed by atoms with E-state index >= 15 is 0 Å². The molecule has 3 unspecified atom stereocenters. The molecule has 2 aliphatic heterocycles. The summed E-state index contributed by atoms with van der Waals surface area (Å²) in [5.74, 6) is 1.58. The number of likely N-dealkylation sites (tertiary alicyclic amines) is 1. The fraction of sp³-hybridized carbons (Fsp3) is 0.647. The van der Waals surface area contributed by atoms with E-state index in [1.54, 1.807) is 0 Å². The Morgan fingerprint density at radius 3 is 3.08 bits per heavy atom. The lowest BCUT2D eigenvalue weighted by molar-refractivity contribution is -0.123. The first kappa shape index (κ1) is 17.1. The number of pyridine rings is 1. The van der Waals surface area contributed by atoms with Crippen molar-refractivity contribution >= 4 is 11.7 Å². The second kappa shape index (κ2) is 7.92. The van der Waals surface area contributed by atoms with Gasteiger partial charge >= 0.3 is 0 Å². The summed E-state index contributed by atoms with van der Waals surface area (Å²) in [5.41, 5.74) is 7.36. The van der Waals surface area contributed by atoms with Crippen LogP contribution in [0.1, 0.15) is 25.3 Å². The van der Waals surface area contributed by atoms with Crippen LogP contribution in [0.2, 0.25) is 0 Å². The summed E-state index contributed by atoms with van der Waals surface area (Å²) >= 11 is 0. The monoisotopic (exact) mass is 332 g/mol. The minimum atomic E-state index is -0.105. The number of rotatable bonds is 6. The van der Waals surface area contributed by atoms with E-state index in [-0.39, 0.29) is 11.9 Å². The molecule has 0 radical (unpaired) electrons. The maximum atomic E-state index is 12.2. The van der Waals surface area contributed by atoms with Gasteiger partial charge in [-0.25, -0.2) is 10.4 Å². The first-order valence-corrected chi connectivity index (χ1v) is 8.78. The third-order valence-electron chi connectivity index (χ3n) is 4.87. The molecule has 132 valence electrons. The minimum Gasteiger partial charge on any atom is -0.373 e. The molecular weight excluding hydrogens is 304 g/mol. The van der Waals surface area contributed by atoms with Crippen LogP contribution >= 0.6 is 0 Å². The molecule has 7 heteroatoms. The molecule has 2 saturated heterocycles. The molecule has 24 heavy (non-hydrogen) atoms. The molecule has 0 spiro atoms. The van der Waals surface area contributed by atoms with Gasteiger partial charge in [0, 0.05) is 44.5 Å². The Bertz CT molecular complexity index is 566. The largest absolute Gasteiger partial charge is 0.373 e. The Hall–Kier alpha value is -1.70. The third kappa shape index (κ3) is 4.23. The molecule has 2 aliphatic rings. The summed E-state index contributed by atoms with van der Waals surface area (Å²) in [6.45, 7) is 5.82. The molecule has 0 aliphatic carbocycles. The van der Waals surface area contributed by atoms with Crippen LogP contribution in [0.4, 0.5) is 5.82 Å². The molecule has 1 aromatic rings. The van der Waals surface area contributed by atoms with Crippen molar-refractivity contribution in [1.29, 1.82) is 0 Å². The Kier molecular flexibility index (Phi) is 5.65. The van der Waals surface area contributed by atoms with E-state index in [9.17, 15) is 4.79 Å². The molecule has 2 fully saturated rings. The van der Waals surface area contributed by atoms with Gasteiger partial charge in [0.25, 0.3) is 0 Å². The first-order valence-electron chi connectivity index (χ1n) is 8.78. The van der Waals surface area contributed by atoms with Crippen molar-refractivity contribution in [2.24, 2.45) is 5.92 Å². The number of amides is 1. The molecule has 0 aromatic carbocycles. The topological polar surface area (TPSA) is 81.3 Å². The molecule has 1 amide bonds. The summed E-state index contributed by atoms with van der Waals surface area (Å²) in [5, 5.41) is 6.25. The molecular formula is C17H28N6O. The zero-order valence-electron chi connectivity index (χ0n) is 14.5. The van der Waals surface area contributed by atoms with Crippen LogP contribution in [0.5, 0.6) is 0 Å². The zero-order valence-corrected chi connectivity index (χ0v) is 14.5. The number of carbonyl (C=O) groups excluding carboxylic acids is 1. The summed E-state index contributed by atoms with van der Waals surface area (Å²) in [7, 11) is 1.90. The number of anilines is 1. The maximum absolute atomic E-state index is 12.2. The van der Waals surface area contributed by atoms with Crippen LogP contribution in [0.3, 0.4) is 0 Å². The molecule has 3 atom stereocenters. The highest BCUT2D eigenvalue weighted by Crippen LogP contribution is 2.20. The first-order chi connectivity index (χ1) is 11.7. The summed E-state index contributed by atoms with van der Waals surface area (Å²) in [6.07, 6.45) is 3.78. The van der Waals surface area contributed by atoms with E-state index in [0.717, 1.165) is 44.8 Å². The van der Waals surface area contributed by atoms with Crippen LogP contribution in [0, 0.1) is 5.92 Å². The molecule has 1 aromatic heterocycles. The van der Waals surface area contributed by atoms with Gasteiger partial charge in [-0.1, -0.05) is 6.07 Å². The number of nitrogens with zero attached hydrogens (tertiary/aromatic N) is 2. The van der Waals surface area contributed by atoms with Crippen molar-refractivity contribution in [2.45, 2.75) is 38.4 Å². The van der Waals surface area contributed by atoms with Gasteiger partial charge in [-0.2, -0.15) is 0 Å². The van der Waals surface area contributed by atoms with Crippen LogP contribution in [0.25, 0.3) is 0 Å². The van der Waals surface area contributed by atoms with Crippen LogP contribution in [-0.4, -0.2) is 54.6 Å². The Labute approximate surface area is 143 Å². The van der Waals surface area contributed by atoms with Crippen LogP contribution in [-0.2, 0) is 11.3 Å². The number of aromatic nitrogens is 1. The van der Waals surface area contributed by atoms with Crippen molar-refractivity contribution in [1.82, 2.24) is 26.1 Å². The van der Waals surface area contributed by atoms with Gasteiger partial charge in [-0.15, -0.1) is 0 Å². The van der Waals surface area contributed by atoms with Gasteiger partial charge in [0.2, 0.25) is 5.91 Å². The maximum Gasteiger partial charge on any atom is 0.238 e. The molecule has 7 nitrogen and oxygen atoms in total. The predicted molar refractivity (Wildman–Crippen MR) is 94.3 cm³/mol. The molecule has 0 bridgehead atoms. The lowest BCUT2D eigenvalue weighted by Crippen LogP contribution is -2.44. The number of hydrazine groups is 1. The number of hydrogen-bond acceptors (Lipinski definition) is 6. The van der Waals surface area contributed by atoms with Gasteiger partial charge < -0.3 is 10.6 Å². The standard InChI is InChI=1S/C17H28N6O/c1-12-8-15(22-21-12)17(24)20-9-13-5-7-23(10-13)11-14-4-3-6-19-16(14)18-2/h3-4,6,12-13,15,21-22H,5,7-11H2,1-2H3,(H,18,19)(H,20,24). The van der Waals surface area contributed by atoms with Gasteiger partial charge in [-0.05, 0) is 38.3 Å². The van der Waals surface area contributed by atoms with Crippen LogP contribution in [0.15, 0.2) is 18.3 Å². The molecule has 0 saturated carbocycles. The predicted octanol–water partition coefficient (Wildman–Crippen LogP) is 0.316. The van der Waals surface area contributed by atoms with Gasteiger partial charge in [0.05, 0.1) is 0 Å². The fourth-order valence-corrected chi connectivity index (χ4v) is 3.51. The Morgan fingerprint density at radius 2 is 2.33 bits per heavy atom. The van der Waals surface area contributed by atoms with Gasteiger partial charge in [0.1, 0.15) is 11.9 Å². The highest BCUT2D eigenvalue weighted by Gasteiger charge is 2.28. The van der Waals surface area contributed by atoms with E-state index in [4.69, 9.17) is 0 Å². The van der Waals surface area contributed by atoms with Crippen molar-refractivity contribution < 1.29 is 4.79 Å². The summed E-state index contributed by atoms with van der Waals surface area (Å²) in [4.78, 5) is 19.0. The highest BCUT2D eigenvalue weighted by molar-refractivity contribution is 5.82. The fourth-order valence-electron chi connectivity index (χ4n) is 3.51.